The first-order valence-electron chi connectivity index (χ1n) is 9.48. The van der Waals surface area contributed by atoms with Gasteiger partial charge in [0.05, 0.1) is 6.54 Å². The lowest BCUT2D eigenvalue weighted by atomic mass is 9.96. The van der Waals surface area contributed by atoms with Crippen molar-refractivity contribution in [2.24, 2.45) is 10.9 Å². The zero-order valence-corrected chi connectivity index (χ0v) is 19.5. The molecule has 1 aromatic rings. The molecule has 0 bridgehead atoms. The van der Waals surface area contributed by atoms with Crippen LogP contribution in [0.3, 0.4) is 0 Å². The van der Waals surface area contributed by atoms with E-state index in [-0.39, 0.29) is 24.0 Å². The third kappa shape index (κ3) is 8.95. The van der Waals surface area contributed by atoms with Gasteiger partial charge in [0.2, 0.25) is 0 Å². The van der Waals surface area contributed by atoms with Crippen LogP contribution in [-0.4, -0.2) is 56.0 Å². The van der Waals surface area contributed by atoms with E-state index in [0.717, 1.165) is 44.7 Å². The second-order valence-corrected chi connectivity index (χ2v) is 8.21. The van der Waals surface area contributed by atoms with Gasteiger partial charge in [-0.2, -0.15) is 0 Å². The summed E-state index contributed by atoms with van der Waals surface area (Å²) in [5.41, 5.74) is 0. The summed E-state index contributed by atoms with van der Waals surface area (Å²) >= 11 is 1.88. The Balaban J connectivity index is 0.00000338. The lowest BCUT2D eigenvalue weighted by Gasteiger charge is -2.27. The van der Waals surface area contributed by atoms with Crippen LogP contribution in [0.15, 0.2) is 40.2 Å². The summed E-state index contributed by atoms with van der Waals surface area (Å²) in [4.78, 5) is 8.44. The minimum Gasteiger partial charge on any atom is -0.381 e. The molecule has 1 atom stereocenters. The molecule has 0 saturated carbocycles. The zero-order valence-electron chi connectivity index (χ0n) is 16.3. The van der Waals surface area contributed by atoms with Crippen molar-refractivity contribution >= 4 is 41.7 Å². The smallest absolute Gasteiger partial charge is 0.193 e. The molecule has 0 spiro atoms. The average molecular weight is 491 g/mol. The molecule has 148 valence electrons. The van der Waals surface area contributed by atoms with E-state index in [9.17, 15) is 0 Å². The Hall–Kier alpha value is -0.470. The number of ether oxygens (including phenoxy) is 1. The number of halogens is 1. The molecule has 0 radical (unpaired) electrons. The Morgan fingerprint density at radius 3 is 2.65 bits per heavy atom. The van der Waals surface area contributed by atoms with Gasteiger partial charge in [-0.05, 0) is 44.2 Å². The highest BCUT2D eigenvalue weighted by atomic mass is 127. The Morgan fingerprint density at radius 2 is 2.00 bits per heavy atom. The van der Waals surface area contributed by atoms with Crippen LogP contribution in [0.25, 0.3) is 0 Å². The number of thioether (sulfide) groups is 1. The molecule has 1 unspecified atom stereocenters. The largest absolute Gasteiger partial charge is 0.381 e. The van der Waals surface area contributed by atoms with Gasteiger partial charge in [-0.15, -0.1) is 35.7 Å². The Morgan fingerprint density at radius 1 is 1.31 bits per heavy atom. The van der Waals surface area contributed by atoms with Crippen molar-refractivity contribution in [2.45, 2.75) is 43.3 Å². The van der Waals surface area contributed by atoms with Gasteiger partial charge in [0, 0.05) is 43.5 Å². The van der Waals surface area contributed by atoms with E-state index in [1.54, 1.807) is 0 Å². The molecule has 0 aromatic heterocycles. The zero-order chi connectivity index (χ0) is 17.9. The van der Waals surface area contributed by atoms with Gasteiger partial charge in [0.1, 0.15) is 0 Å². The van der Waals surface area contributed by atoms with Crippen LogP contribution in [0.4, 0.5) is 0 Å². The number of nitrogens with one attached hydrogen (secondary N) is 1. The van der Waals surface area contributed by atoms with Crippen molar-refractivity contribution in [1.82, 2.24) is 10.2 Å². The van der Waals surface area contributed by atoms with Crippen molar-refractivity contribution in [3.63, 3.8) is 0 Å². The normalized spacial score (nSPS) is 16.7. The highest BCUT2D eigenvalue weighted by Crippen LogP contribution is 2.23. The van der Waals surface area contributed by atoms with E-state index >= 15 is 0 Å². The summed E-state index contributed by atoms with van der Waals surface area (Å²) in [5, 5.41) is 3.89. The predicted molar refractivity (Wildman–Crippen MR) is 124 cm³/mol. The van der Waals surface area contributed by atoms with Crippen molar-refractivity contribution in [3.8, 4) is 0 Å². The summed E-state index contributed by atoms with van der Waals surface area (Å²) in [6, 6.07) is 10.6. The molecule has 1 aromatic carbocycles. The SMILES string of the molecule is CCNC(=NCC(C)Sc1ccccc1)N(C)CCC1CCOCC1.I. The van der Waals surface area contributed by atoms with Gasteiger partial charge in [-0.25, -0.2) is 0 Å². The van der Waals surface area contributed by atoms with Gasteiger partial charge in [0.15, 0.2) is 5.96 Å². The third-order valence-electron chi connectivity index (χ3n) is 4.49. The lowest BCUT2D eigenvalue weighted by molar-refractivity contribution is 0.0625. The van der Waals surface area contributed by atoms with E-state index < -0.39 is 0 Å². The van der Waals surface area contributed by atoms with Crippen LogP contribution >= 0.6 is 35.7 Å². The molecule has 1 N–H and O–H groups in total. The Kier molecular flexibility index (Phi) is 12.4. The monoisotopic (exact) mass is 491 g/mol. The quantitative estimate of drug-likeness (QED) is 0.252. The van der Waals surface area contributed by atoms with E-state index in [0.29, 0.717) is 5.25 Å². The van der Waals surface area contributed by atoms with Crippen molar-refractivity contribution in [1.29, 1.82) is 0 Å². The molecule has 26 heavy (non-hydrogen) atoms. The van der Waals surface area contributed by atoms with Crippen LogP contribution in [0, 0.1) is 5.92 Å². The predicted octanol–water partition coefficient (Wildman–Crippen LogP) is 4.50. The minimum atomic E-state index is 0. The number of aliphatic imine (C=N–C) groups is 1. The number of hydrogen-bond acceptors (Lipinski definition) is 3. The molecule has 6 heteroatoms. The van der Waals surface area contributed by atoms with E-state index in [1.165, 1.54) is 24.2 Å². The fraction of sp³-hybridized carbons (Fsp3) is 0.650. The maximum absolute atomic E-state index is 5.45. The highest BCUT2D eigenvalue weighted by Gasteiger charge is 2.15. The van der Waals surface area contributed by atoms with Gasteiger partial charge in [-0.1, -0.05) is 25.1 Å². The fourth-order valence-electron chi connectivity index (χ4n) is 2.97. The van der Waals surface area contributed by atoms with E-state index in [4.69, 9.17) is 9.73 Å². The first-order chi connectivity index (χ1) is 12.2. The van der Waals surface area contributed by atoms with Crippen LogP contribution in [0.2, 0.25) is 0 Å². The number of hydrogen-bond donors (Lipinski definition) is 1. The summed E-state index contributed by atoms with van der Waals surface area (Å²) in [7, 11) is 2.15. The summed E-state index contributed by atoms with van der Waals surface area (Å²) < 4.78 is 5.45. The number of nitrogens with zero attached hydrogens (tertiary/aromatic N) is 2. The second-order valence-electron chi connectivity index (χ2n) is 6.70. The molecule has 1 fully saturated rings. The standard InChI is InChI=1S/C20H33N3OS.HI/c1-4-21-20(23(3)13-10-18-11-14-24-15-12-18)22-16-17(2)25-19-8-6-5-7-9-19;/h5-9,17-18H,4,10-16H2,1-3H3,(H,21,22);1H. The topological polar surface area (TPSA) is 36.9 Å². The van der Waals surface area contributed by atoms with Gasteiger partial charge in [-0.3, -0.25) is 4.99 Å². The third-order valence-corrected chi connectivity index (χ3v) is 5.58. The van der Waals surface area contributed by atoms with Crippen LogP contribution in [-0.2, 0) is 4.74 Å². The molecule has 1 aliphatic heterocycles. The molecule has 0 aliphatic carbocycles. The molecule has 4 nitrogen and oxygen atoms in total. The van der Waals surface area contributed by atoms with Crippen molar-refractivity contribution < 1.29 is 4.74 Å². The van der Waals surface area contributed by atoms with Crippen LogP contribution in [0.1, 0.15) is 33.1 Å². The molecule has 0 amide bonds. The highest BCUT2D eigenvalue weighted by molar-refractivity contribution is 14.0. The van der Waals surface area contributed by atoms with Gasteiger partial charge in [0.25, 0.3) is 0 Å². The number of guanidine groups is 1. The summed E-state index contributed by atoms with van der Waals surface area (Å²) in [5.74, 6) is 1.82. The number of rotatable bonds is 8. The van der Waals surface area contributed by atoms with E-state index in [1.807, 2.05) is 11.8 Å². The van der Waals surface area contributed by atoms with Gasteiger partial charge < -0.3 is 15.0 Å². The summed E-state index contributed by atoms with van der Waals surface area (Å²) in [6.45, 7) is 9.01. The molecular formula is C20H34IN3OS. The van der Waals surface area contributed by atoms with Crippen LogP contribution < -0.4 is 5.32 Å². The molecule has 1 saturated heterocycles. The van der Waals surface area contributed by atoms with Crippen molar-refractivity contribution in [3.05, 3.63) is 30.3 Å². The fourth-order valence-corrected chi connectivity index (χ4v) is 3.90. The van der Waals surface area contributed by atoms with Crippen molar-refractivity contribution in [2.75, 3.05) is 39.9 Å². The Labute approximate surface area is 180 Å². The summed E-state index contributed by atoms with van der Waals surface area (Å²) in [6.07, 6.45) is 3.62. The molecule has 2 rings (SSSR count). The lowest BCUT2D eigenvalue weighted by Crippen LogP contribution is -2.40. The van der Waals surface area contributed by atoms with Crippen LogP contribution in [0.5, 0.6) is 0 Å². The second kappa shape index (κ2) is 13.7. The number of benzene rings is 1. The molecular weight excluding hydrogens is 457 g/mol. The maximum Gasteiger partial charge on any atom is 0.193 e. The molecule has 1 heterocycles. The Bertz CT molecular complexity index is 509. The average Bonchev–Trinajstić information content (AvgIpc) is 2.65. The van der Waals surface area contributed by atoms with E-state index in [2.05, 4.69) is 61.4 Å². The first kappa shape index (κ1) is 23.6. The minimum absolute atomic E-state index is 0. The van der Waals surface area contributed by atoms with Gasteiger partial charge >= 0.3 is 0 Å². The first-order valence-corrected chi connectivity index (χ1v) is 10.4. The maximum atomic E-state index is 5.45. The molecule has 1 aliphatic rings.